The van der Waals surface area contributed by atoms with Crippen LogP contribution in [0.2, 0.25) is 0 Å². The Morgan fingerprint density at radius 1 is 1.42 bits per heavy atom. The summed E-state index contributed by atoms with van der Waals surface area (Å²) in [5.41, 5.74) is 3.10. The number of phenols is 1. The standard InChI is InChI=1S/C21H24N2O3/c1-21-8-9-23(2)18(11-15-4-5-16(24)12-17(15)21)20(21)22-19(25)6-3-14-7-10-26-13-14/h3-7,10,12-13,18,20,24H,8-9,11H2,1-2H3,(H,22,25)/b6-3+/t18-,20-,21+/m1/s1. The second-order valence-electron chi connectivity index (χ2n) is 7.64. The molecule has 26 heavy (non-hydrogen) atoms. The molecule has 1 aliphatic heterocycles. The molecule has 5 nitrogen and oxygen atoms in total. The summed E-state index contributed by atoms with van der Waals surface area (Å²) in [5.74, 6) is 0.179. The first-order valence-electron chi connectivity index (χ1n) is 9.01. The number of aromatic hydroxyl groups is 1. The van der Waals surface area contributed by atoms with Gasteiger partial charge in [-0.05, 0) is 61.8 Å². The molecule has 4 rings (SSSR count). The second-order valence-corrected chi connectivity index (χ2v) is 7.64. The van der Waals surface area contributed by atoms with Gasteiger partial charge in [0.15, 0.2) is 0 Å². The van der Waals surface area contributed by atoms with Crippen molar-refractivity contribution in [2.75, 3.05) is 13.6 Å². The number of carbonyl (C=O) groups excluding carboxylic acids is 1. The summed E-state index contributed by atoms with van der Waals surface area (Å²) in [6.07, 6.45) is 8.31. The number of piperidine rings is 1. The van der Waals surface area contributed by atoms with Crippen LogP contribution in [0.1, 0.15) is 30.0 Å². The third-order valence-corrected chi connectivity index (χ3v) is 6.03. The lowest BCUT2D eigenvalue weighted by Gasteiger charge is -2.54. The van der Waals surface area contributed by atoms with Crippen LogP contribution in [-0.4, -0.2) is 41.6 Å². The van der Waals surface area contributed by atoms with E-state index < -0.39 is 0 Å². The molecule has 2 aliphatic rings. The fourth-order valence-electron chi connectivity index (χ4n) is 4.48. The molecular weight excluding hydrogens is 328 g/mol. The van der Waals surface area contributed by atoms with E-state index in [9.17, 15) is 9.90 Å². The SMILES string of the molecule is CN1CC[C@@]2(C)c3cc(O)ccc3C[C@@H]1[C@H]2NC(=O)/C=C/c1ccoc1. The van der Waals surface area contributed by atoms with E-state index in [4.69, 9.17) is 4.42 Å². The molecular formula is C21H24N2O3. The van der Waals surface area contributed by atoms with E-state index in [-0.39, 0.29) is 29.2 Å². The molecule has 1 aliphatic carbocycles. The topological polar surface area (TPSA) is 65.7 Å². The van der Waals surface area contributed by atoms with Crippen molar-refractivity contribution in [2.24, 2.45) is 0 Å². The third-order valence-electron chi connectivity index (χ3n) is 6.03. The molecule has 1 aromatic heterocycles. The van der Waals surface area contributed by atoms with Crippen molar-refractivity contribution in [3.63, 3.8) is 0 Å². The van der Waals surface area contributed by atoms with Gasteiger partial charge in [0, 0.05) is 23.1 Å². The smallest absolute Gasteiger partial charge is 0.244 e. The minimum Gasteiger partial charge on any atom is -0.508 e. The van der Waals surface area contributed by atoms with Gasteiger partial charge in [-0.25, -0.2) is 0 Å². The Bertz CT molecular complexity index is 843. The first-order chi connectivity index (χ1) is 12.5. The molecule has 0 radical (unpaired) electrons. The number of carbonyl (C=O) groups is 1. The third kappa shape index (κ3) is 2.82. The average Bonchev–Trinajstić information content (AvgIpc) is 3.13. The van der Waals surface area contributed by atoms with Crippen molar-refractivity contribution >= 4 is 12.0 Å². The van der Waals surface area contributed by atoms with E-state index in [1.807, 2.05) is 18.2 Å². The Kier molecular flexibility index (Phi) is 4.11. The Morgan fingerprint density at radius 3 is 3.04 bits per heavy atom. The van der Waals surface area contributed by atoms with Crippen LogP contribution in [0.15, 0.2) is 47.3 Å². The predicted octanol–water partition coefficient (Wildman–Crippen LogP) is 2.70. The first kappa shape index (κ1) is 16.9. The van der Waals surface area contributed by atoms with Gasteiger partial charge in [-0.3, -0.25) is 4.79 Å². The highest BCUT2D eigenvalue weighted by Crippen LogP contribution is 2.45. The maximum Gasteiger partial charge on any atom is 0.244 e. The zero-order chi connectivity index (χ0) is 18.3. The molecule has 2 aromatic rings. The van der Waals surface area contributed by atoms with Crippen LogP contribution in [0.4, 0.5) is 0 Å². The van der Waals surface area contributed by atoms with Crippen molar-refractivity contribution in [1.82, 2.24) is 10.2 Å². The zero-order valence-corrected chi connectivity index (χ0v) is 15.1. The first-order valence-corrected chi connectivity index (χ1v) is 9.01. The highest BCUT2D eigenvalue weighted by molar-refractivity contribution is 5.92. The summed E-state index contributed by atoms with van der Waals surface area (Å²) >= 11 is 0. The monoisotopic (exact) mass is 352 g/mol. The van der Waals surface area contributed by atoms with Crippen LogP contribution >= 0.6 is 0 Å². The minimum atomic E-state index is -0.192. The molecule has 0 unspecified atom stereocenters. The summed E-state index contributed by atoms with van der Waals surface area (Å²) in [5, 5.41) is 13.2. The van der Waals surface area contributed by atoms with Crippen molar-refractivity contribution in [1.29, 1.82) is 0 Å². The number of phenolic OH excluding ortho intramolecular Hbond substituents is 1. The number of likely N-dealkylation sites (N-methyl/N-ethyl adjacent to an activating group) is 1. The summed E-state index contributed by atoms with van der Waals surface area (Å²) < 4.78 is 5.02. The fraction of sp³-hybridized carbons (Fsp3) is 0.381. The van der Waals surface area contributed by atoms with Gasteiger partial charge < -0.3 is 19.7 Å². The Morgan fingerprint density at radius 2 is 2.27 bits per heavy atom. The molecule has 2 bridgehead atoms. The van der Waals surface area contributed by atoms with E-state index >= 15 is 0 Å². The van der Waals surface area contributed by atoms with Crippen LogP contribution < -0.4 is 5.32 Å². The number of furan rings is 1. The molecule has 1 aromatic carbocycles. The van der Waals surface area contributed by atoms with Crippen molar-refractivity contribution in [3.8, 4) is 5.75 Å². The van der Waals surface area contributed by atoms with Crippen molar-refractivity contribution in [2.45, 2.75) is 37.3 Å². The lowest BCUT2D eigenvalue weighted by Crippen LogP contribution is -2.66. The summed E-state index contributed by atoms with van der Waals surface area (Å²) in [4.78, 5) is 14.9. The number of benzene rings is 1. The van der Waals surface area contributed by atoms with Crippen LogP contribution in [0.3, 0.4) is 0 Å². The number of nitrogens with zero attached hydrogens (tertiary/aromatic N) is 1. The fourth-order valence-corrected chi connectivity index (χ4v) is 4.48. The Labute approximate surface area is 153 Å². The number of likely N-dealkylation sites (tertiary alicyclic amines) is 1. The predicted molar refractivity (Wildman–Crippen MR) is 99.9 cm³/mol. The maximum atomic E-state index is 12.6. The molecule has 1 saturated heterocycles. The number of amides is 1. The molecule has 0 saturated carbocycles. The second kappa shape index (κ2) is 6.32. The van der Waals surface area contributed by atoms with Gasteiger partial charge in [-0.15, -0.1) is 0 Å². The van der Waals surface area contributed by atoms with Gasteiger partial charge in [0.05, 0.1) is 18.6 Å². The lowest BCUT2D eigenvalue weighted by molar-refractivity contribution is -0.118. The van der Waals surface area contributed by atoms with Crippen molar-refractivity contribution in [3.05, 3.63) is 59.6 Å². The molecule has 1 fully saturated rings. The van der Waals surface area contributed by atoms with Gasteiger partial charge in [0.25, 0.3) is 0 Å². The van der Waals surface area contributed by atoms with Crippen LogP contribution in [-0.2, 0) is 16.6 Å². The van der Waals surface area contributed by atoms with Gasteiger partial charge in [-0.1, -0.05) is 13.0 Å². The van der Waals surface area contributed by atoms with Crippen molar-refractivity contribution < 1.29 is 14.3 Å². The largest absolute Gasteiger partial charge is 0.508 e. The molecule has 5 heteroatoms. The van der Waals surface area contributed by atoms with E-state index in [0.29, 0.717) is 0 Å². The van der Waals surface area contributed by atoms with E-state index in [1.54, 1.807) is 30.7 Å². The average molecular weight is 352 g/mol. The van der Waals surface area contributed by atoms with Crippen LogP contribution in [0.5, 0.6) is 5.75 Å². The number of hydrogen-bond acceptors (Lipinski definition) is 4. The number of rotatable bonds is 3. The molecule has 3 atom stereocenters. The number of fused-ring (bicyclic) bond motifs is 4. The number of hydrogen-bond donors (Lipinski definition) is 2. The molecule has 2 N–H and O–H groups in total. The van der Waals surface area contributed by atoms with Gasteiger partial charge in [0.1, 0.15) is 5.75 Å². The van der Waals surface area contributed by atoms with Gasteiger partial charge >= 0.3 is 0 Å². The summed E-state index contributed by atoms with van der Waals surface area (Å²) in [7, 11) is 2.12. The van der Waals surface area contributed by atoms with Crippen LogP contribution in [0.25, 0.3) is 6.08 Å². The highest BCUT2D eigenvalue weighted by Gasteiger charge is 2.50. The molecule has 1 amide bonds. The van der Waals surface area contributed by atoms with E-state index in [2.05, 4.69) is 24.2 Å². The molecule has 136 valence electrons. The minimum absolute atomic E-state index is 0.00273. The number of nitrogens with one attached hydrogen (secondary N) is 1. The maximum absolute atomic E-state index is 12.6. The molecule has 2 heterocycles. The lowest BCUT2D eigenvalue weighted by atomic mass is 9.61. The quantitative estimate of drug-likeness (QED) is 0.834. The van der Waals surface area contributed by atoms with E-state index in [1.165, 1.54) is 5.56 Å². The Hall–Kier alpha value is -2.53. The Balaban J connectivity index is 1.63. The summed E-state index contributed by atoms with van der Waals surface area (Å²) in [6.45, 7) is 3.18. The van der Waals surface area contributed by atoms with E-state index in [0.717, 1.165) is 30.5 Å². The summed E-state index contributed by atoms with van der Waals surface area (Å²) in [6, 6.07) is 7.70. The highest BCUT2D eigenvalue weighted by atomic mass is 16.3. The van der Waals surface area contributed by atoms with Gasteiger partial charge in [-0.2, -0.15) is 0 Å². The van der Waals surface area contributed by atoms with Crippen LogP contribution in [0, 0.1) is 0 Å². The zero-order valence-electron chi connectivity index (χ0n) is 15.1. The molecule has 0 spiro atoms. The normalized spacial score (nSPS) is 28.1. The van der Waals surface area contributed by atoms with Gasteiger partial charge in [0.2, 0.25) is 5.91 Å².